The fourth-order valence-electron chi connectivity index (χ4n) is 9.18. The largest absolute Gasteiger partial charge is 0.456 e. The van der Waals surface area contributed by atoms with Gasteiger partial charge in [0.05, 0.1) is 17.1 Å². The number of furan rings is 1. The van der Waals surface area contributed by atoms with Crippen molar-refractivity contribution in [3.63, 3.8) is 0 Å². The first-order valence-electron chi connectivity index (χ1n) is 19.4. The third-order valence-corrected chi connectivity index (χ3v) is 11.6. The molecule has 4 heterocycles. The molecule has 0 saturated heterocycles. The molecule has 3 aromatic heterocycles. The third-order valence-electron chi connectivity index (χ3n) is 11.6. The van der Waals surface area contributed by atoms with Gasteiger partial charge in [-0.25, -0.2) is 4.98 Å². The summed E-state index contributed by atoms with van der Waals surface area (Å²) in [6, 6.07) is 61.6. The highest BCUT2D eigenvalue weighted by Crippen LogP contribution is 2.54. The van der Waals surface area contributed by atoms with Crippen LogP contribution < -0.4 is 4.90 Å². The number of nitrogens with zero attached hydrogens (tertiary/aromatic N) is 5. The number of para-hydroxylation sites is 4. The Hall–Kier alpha value is -7.57. The van der Waals surface area contributed by atoms with E-state index in [1.807, 2.05) is 12.1 Å². The van der Waals surface area contributed by atoms with Gasteiger partial charge in [0.15, 0.2) is 11.6 Å². The maximum Gasteiger partial charge on any atom is 0.238 e. The molecule has 1 aliphatic heterocycles. The van der Waals surface area contributed by atoms with Gasteiger partial charge in [0.25, 0.3) is 0 Å². The molecule has 0 saturated carbocycles. The van der Waals surface area contributed by atoms with Crippen LogP contribution in [0, 0.1) is 0 Å². The van der Waals surface area contributed by atoms with E-state index in [2.05, 4.69) is 185 Å². The molecule has 1 aliphatic carbocycles. The van der Waals surface area contributed by atoms with Gasteiger partial charge < -0.3 is 9.32 Å². The molecule has 0 radical (unpaired) electrons. The van der Waals surface area contributed by atoms with Crippen LogP contribution in [0.15, 0.2) is 186 Å². The van der Waals surface area contributed by atoms with Gasteiger partial charge in [0, 0.05) is 50.1 Å². The van der Waals surface area contributed by atoms with E-state index in [0.717, 1.165) is 72.0 Å². The maximum atomic E-state index is 6.72. The van der Waals surface area contributed by atoms with Crippen molar-refractivity contribution >= 4 is 50.2 Å². The highest BCUT2D eigenvalue weighted by Gasteiger charge is 2.43. The molecule has 2 atom stereocenters. The van der Waals surface area contributed by atoms with E-state index in [4.69, 9.17) is 19.4 Å². The number of aromatic nitrogens is 4. The lowest BCUT2D eigenvalue weighted by molar-refractivity contribution is 0.584. The summed E-state index contributed by atoms with van der Waals surface area (Å²) >= 11 is 0. The molecule has 2 unspecified atom stereocenters. The molecule has 0 fully saturated rings. The second kappa shape index (κ2) is 12.5. The van der Waals surface area contributed by atoms with Crippen molar-refractivity contribution in [2.24, 2.45) is 0 Å². The van der Waals surface area contributed by atoms with Gasteiger partial charge in [-0.2, -0.15) is 9.97 Å². The Morgan fingerprint density at radius 1 is 0.509 bits per heavy atom. The molecule has 0 spiro atoms. The predicted molar refractivity (Wildman–Crippen MR) is 230 cm³/mol. The van der Waals surface area contributed by atoms with Crippen LogP contribution in [0.3, 0.4) is 0 Å². The summed E-state index contributed by atoms with van der Waals surface area (Å²) in [7, 11) is 0. The van der Waals surface area contributed by atoms with Crippen LogP contribution in [0.1, 0.15) is 22.8 Å². The quantitative estimate of drug-likeness (QED) is 0.176. The van der Waals surface area contributed by atoms with Crippen LogP contribution in [0.4, 0.5) is 11.4 Å². The molecule has 57 heavy (non-hydrogen) atoms. The zero-order chi connectivity index (χ0) is 37.5. The van der Waals surface area contributed by atoms with Gasteiger partial charge in [-0.05, 0) is 59.2 Å². The van der Waals surface area contributed by atoms with Crippen molar-refractivity contribution in [2.45, 2.75) is 12.0 Å². The van der Waals surface area contributed by atoms with E-state index < -0.39 is 0 Å². The van der Waals surface area contributed by atoms with Crippen molar-refractivity contribution in [1.82, 2.24) is 19.5 Å². The number of rotatable bonds is 5. The lowest BCUT2D eigenvalue weighted by atomic mass is 9.82. The first kappa shape index (κ1) is 31.7. The van der Waals surface area contributed by atoms with Crippen LogP contribution in [-0.2, 0) is 0 Å². The van der Waals surface area contributed by atoms with Crippen molar-refractivity contribution in [1.29, 1.82) is 0 Å². The molecule has 0 N–H and O–H groups in total. The van der Waals surface area contributed by atoms with Gasteiger partial charge in [-0.3, -0.25) is 4.57 Å². The lowest BCUT2D eigenvalue weighted by Crippen LogP contribution is -2.30. The van der Waals surface area contributed by atoms with Crippen LogP contribution in [0.25, 0.3) is 78.7 Å². The Labute approximate surface area is 328 Å². The average molecular weight is 732 g/mol. The maximum absolute atomic E-state index is 6.72. The van der Waals surface area contributed by atoms with Gasteiger partial charge >= 0.3 is 0 Å². The molecule has 10 aromatic rings. The van der Waals surface area contributed by atoms with Gasteiger partial charge in [-0.15, -0.1) is 0 Å². The number of anilines is 2. The summed E-state index contributed by atoms with van der Waals surface area (Å²) in [6.07, 6.45) is 4.45. The van der Waals surface area contributed by atoms with E-state index in [9.17, 15) is 0 Å². The second-order valence-electron chi connectivity index (χ2n) is 14.7. The van der Waals surface area contributed by atoms with E-state index in [1.54, 1.807) is 0 Å². The normalized spacial score (nSPS) is 15.6. The van der Waals surface area contributed by atoms with Crippen molar-refractivity contribution in [3.8, 4) is 39.9 Å². The van der Waals surface area contributed by atoms with Crippen LogP contribution in [-0.4, -0.2) is 25.6 Å². The SMILES string of the molecule is C1=CC2C(c3ccccc3N2c2ccccc2)c2c1oc1cccc(-c3nc(-c4ccc(-c5ccccc5)cc4)nc(-n4c5ccccc5c5ccccc54)n3)c21. The summed E-state index contributed by atoms with van der Waals surface area (Å²) in [5, 5.41) is 3.33. The predicted octanol–water partition coefficient (Wildman–Crippen LogP) is 12.4. The molecule has 2 aliphatic rings. The zero-order valence-corrected chi connectivity index (χ0v) is 30.7. The molecule has 0 amide bonds. The first-order valence-corrected chi connectivity index (χ1v) is 19.4. The third kappa shape index (κ3) is 4.87. The molecular formula is C51H33N5O. The Kier molecular flexibility index (Phi) is 6.95. The Bertz CT molecular complexity index is 3150. The Morgan fingerprint density at radius 2 is 1.14 bits per heavy atom. The van der Waals surface area contributed by atoms with Gasteiger partial charge in [0.1, 0.15) is 11.3 Å². The van der Waals surface area contributed by atoms with Crippen molar-refractivity contribution in [3.05, 3.63) is 199 Å². The molecule has 7 aromatic carbocycles. The Morgan fingerprint density at radius 3 is 1.91 bits per heavy atom. The summed E-state index contributed by atoms with van der Waals surface area (Å²) < 4.78 is 8.90. The summed E-state index contributed by atoms with van der Waals surface area (Å²) in [6.45, 7) is 0. The summed E-state index contributed by atoms with van der Waals surface area (Å²) in [5.74, 6) is 2.66. The molecule has 12 rings (SSSR count). The minimum absolute atomic E-state index is 0.0347. The highest BCUT2D eigenvalue weighted by molar-refractivity contribution is 6.09. The molecule has 6 heteroatoms. The van der Waals surface area contributed by atoms with Crippen LogP contribution in [0.2, 0.25) is 0 Å². The van der Waals surface area contributed by atoms with E-state index in [0.29, 0.717) is 17.6 Å². The summed E-state index contributed by atoms with van der Waals surface area (Å²) in [5.41, 5.74) is 11.8. The lowest BCUT2D eigenvalue weighted by Gasteiger charge is -2.30. The Balaban J connectivity index is 1.09. The minimum atomic E-state index is 0.0347. The van der Waals surface area contributed by atoms with Crippen molar-refractivity contribution in [2.75, 3.05) is 4.90 Å². The highest BCUT2D eigenvalue weighted by atomic mass is 16.3. The van der Waals surface area contributed by atoms with Crippen LogP contribution in [0.5, 0.6) is 0 Å². The van der Waals surface area contributed by atoms with Gasteiger partial charge in [0.2, 0.25) is 5.95 Å². The first-order chi connectivity index (χ1) is 28.3. The van der Waals surface area contributed by atoms with E-state index >= 15 is 0 Å². The second-order valence-corrected chi connectivity index (χ2v) is 14.7. The monoisotopic (exact) mass is 731 g/mol. The fourth-order valence-corrected chi connectivity index (χ4v) is 9.18. The number of benzene rings is 7. The van der Waals surface area contributed by atoms with Crippen molar-refractivity contribution < 1.29 is 4.42 Å². The number of hydrogen-bond donors (Lipinski definition) is 0. The minimum Gasteiger partial charge on any atom is -0.456 e. The molecule has 6 nitrogen and oxygen atoms in total. The van der Waals surface area contributed by atoms with Crippen LogP contribution >= 0.6 is 0 Å². The standard InChI is InChI=1S/C51H33N5O/c1-3-14-32(15-4-1)33-26-28-34(29-27-33)49-52-50(54-51(53-49)56-40-22-10-7-18-36(40)37-19-8-11-23-41(37)56)39-21-13-25-44-47(39)48-45(57-44)31-30-43-46(48)38-20-9-12-24-42(38)55(43)35-16-5-2-6-17-35/h1-31,43,46H. The van der Waals surface area contributed by atoms with Gasteiger partial charge in [-0.1, -0.05) is 146 Å². The molecule has 0 bridgehead atoms. The smallest absolute Gasteiger partial charge is 0.238 e. The molecular weight excluding hydrogens is 699 g/mol. The number of fused-ring (bicyclic) bond motifs is 10. The average Bonchev–Trinajstić information content (AvgIpc) is 3.95. The summed E-state index contributed by atoms with van der Waals surface area (Å²) in [4.78, 5) is 18.4. The number of hydrogen-bond acceptors (Lipinski definition) is 5. The zero-order valence-electron chi connectivity index (χ0n) is 30.7. The topological polar surface area (TPSA) is 60.0 Å². The molecule has 268 valence electrons. The van der Waals surface area contributed by atoms with E-state index in [-0.39, 0.29) is 12.0 Å². The fraction of sp³-hybridized carbons (Fsp3) is 0.0392. The van der Waals surface area contributed by atoms with E-state index in [1.165, 1.54) is 11.3 Å².